The Morgan fingerprint density at radius 3 is 2.63 bits per heavy atom. The van der Waals surface area contributed by atoms with E-state index in [1.54, 1.807) is 13.8 Å². The largest absolute Gasteiger partial charge is 0.463 e. The number of ether oxygens (including phenoxy) is 1. The number of nitrogens with zero attached hydrogens (tertiary/aromatic N) is 2. The van der Waals surface area contributed by atoms with Crippen LogP contribution >= 0.6 is 11.3 Å². The van der Waals surface area contributed by atoms with Crippen LogP contribution in [0.5, 0.6) is 0 Å². The van der Waals surface area contributed by atoms with E-state index in [2.05, 4.69) is 15.3 Å². The number of furan rings is 1. The minimum Gasteiger partial charge on any atom is -0.463 e. The van der Waals surface area contributed by atoms with Crippen molar-refractivity contribution < 1.29 is 32.2 Å². The number of rotatable bonds is 7. The third kappa shape index (κ3) is 3.99. The molecule has 0 amide bonds. The van der Waals surface area contributed by atoms with Crippen molar-refractivity contribution >= 4 is 33.3 Å². The monoisotopic (exact) mass is 443 g/mol. The van der Waals surface area contributed by atoms with Crippen molar-refractivity contribution in [3.8, 4) is 0 Å². The molecule has 0 spiro atoms. The minimum atomic E-state index is -4.94. The highest BCUT2D eigenvalue weighted by molar-refractivity contribution is 7.20. The van der Waals surface area contributed by atoms with E-state index < -0.39 is 29.9 Å². The van der Waals surface area contributed by atoms with Crippen LogP contribution in [-0.4, -0.2) is 40.4 Å². The predicted octanol–water partition coefficient (Wildman–Crippen LogP) is 4.33. The molecule has 3 aromatic heterocycles. The summed E-state index contributed by atoms with van der Waals surface area (Å²) in [4.78, 5) is 21.2. The third-order valence-electron chi connectivity index (χ3n) is 4.58. The lowest BCUT2D eigenvalue weighted by molar-refractivity contribution is -0.274. The lowest BCUT2D eigenvalue weighted by atomic mass is 9.95. The molecule has 30 heavy (non-hydrogen) atoms. The average molecular weight is 443 g/mol. The second kappa shape index (κ2) is 8.23. The number of thiophene rings is 1. The minimum absolute atomic E-state index is 0.214. The number of aromatic nitrogens is 2. The number of carbonyl (C=O) groups is 1. The summed E-state index contributed by atoms with van der Waals surface area (Å²) in [7, 11) is 0. The van der Waals surface area contributed by atoms with Crippen LogP contribution in [0.2, 0.25) is 0 Å². The number of aliphatic hydroxyl groups is 1. The van der Waals surface area contributed by atoms with Crippen LogP contribution in [0.25, 0.3) is 10.2 Å². The molecule has 3 aromatic rings. The summed E-state index contributed by atoms with van der Waals surface area (Å²) in [5.74, 6) is -0.537. The highest BCUT2D eigenvalue weighted by atomic mass is 32.1. The summed E-state index contributed by atoms with van der Waals surface area (Å²) in [6.45, 7) is 4.83. The van der Waals surface area contributed by atoms with Gasteiger partial charge in [-0.05, 0) is 38.5 Å². The summed E-state index contributed by atoms with van der Waals surface area (Å²) in [6, 6.07) is 2.47. The number of hydrogen-bond acceptors (Lipinski definition) is 8. The standard InChI is InChI=1S/C19H20F3N3O4S/c1-4-28-17(26)14-11(3)13-15(24-9-25-16(13)30-14)23-8-7-18(27,19(20,21)22)12-6-5-10(2)29-12/h5-6,9,27H,4,7-8H2,1-3H3,(H,23,24,25)/t18-/m1/s1. The molecule has 7 nitrogen and oxygen atoms in total. The molecule has 3 rings (SSSR count). The van der Waals surface area contributed by atoms with Gasteiger partial charge < -0.3 is 19.6 Å². The van der Waals surface area contributed by atoms with Gasteiger partial charge >= 0.3 is 12.1 Å². The number of aryl methyl sites for hydroxylation is 2. The Labute approximate surface area is 173 Å². The maximum absolute atomic E-state index is 13.6. The lowest BCUT2D eigenvalue weighted by Gasteiger charge is -2.28. The molecule has 0 fully saturated rings. The van der Waals surface area contributed by atoms with E-state index in [1.165, 1.54) is 19.3 Å². The number of fused-ring (bicyclic) bond motifs is 1. The first-order valence-corrected chi connectivity index (χ1v) is 9.91. The van der Waals surface area contributed by atoms with E-state index in [9.17, 15) is 23.1 Å². The number of esters is 1. The highest BCUT2D eigenvalue weighted by Gasteiger charge is 2.56. The molecule has 0 aromatic carbocycles. The van der Waals surface area contributed by atoms with Crippen LogP contribution in [-0.2, 0) is 10.3 Å². The molecule has 11 heteroatoms. The maximum Gasteiger partial charge on any atom is 0.424 e. The molecule has 0 aliphatic carbocycles. The van der Waals surface area contributed by atoms with Gasteiger partial charge in [-0.15, -0.1) is 11.3 Å². The molecule has 2 N–H and O–H groups in total. The van der Waals surface area contributed by atoms with Gasteiger partial charge in [0.2, 0.25) is 5.60 Å². The quantitative estimate of drug-likeness (QED) is 0.525. The van der Waals surface area contributed by atoms with Crippen LogP contribution in [0.1, 0.15) is 40.1 Å². The summed E-state index contributed by atoms with van der Waals surface area (Å²) in [5, 5.41) is 13.7. The van der Waals surface area contributed by atoms with Gasteiger partial charge in [0.25, 0.3) is 0 Å². The predicted molar refractivity (Wildman–Crippen MR) is 105 cm³/mol. The van der Waals surface area contributed by atoms with Gasteiger partial charge in [0, 0.05) is 13.0 Å². The van der Waals surface area contributed by atoms with Crippen molar-refractivity contribution in [2.45, 2.75) is 39.0 Å². The molecule has 0 unspecified atom stereocenters. The first kappa shape index (κ1) is 22.0. The molecular formula is C19H20F3N3O4S. The van der Waals surface area contributed by atoms with Gasteiger partial charge in [-0.2, -0.15) is 13.2 Å². The Bertz CT molecular complexity index is 1060. The number of nitrogens with one attached hydrogen (secondary N) is 1. The van der Waals surface area contributed by atoms with Gasteiger partial charge in [-0.3, -0.25) is 0 Å². The summed E-state index contributed by atoms with van der Waals surface area (Å²) in [5.41, 5.74) is -2.58. The van der Waals surface area contributed by atoms with E-state index in [0.29, 0.717) is 20.7 Å². The SMILES string of the molecule is CCOC(=O)c1sc2ncnc(NCC[C@@](O)(c3ccc(C)o3)C(F)(F)F)c2c1C. The van der Waals surface area contributed by atoms with E-state index >= 15 is 0 Å². The zero-order valence-corrected chi connectivity index (χ0v) is 17.3. The van der Waals surface area contributed by atoms with E-state index in [0.717, 1.165) is 17.4 Å². The van der Waals surface area contributed by atoms with Crippen molar-refractivity contribution in [1.82, 2.24) is 9.97 Å². The highest BCUT2D eigenvalue weighted by Crippen LogP contribution is 2.42. The Morgan fingerprint density at radius 2 is 2.03 bits per heavy atom. The van der Waals surface area contributed by atoms with Gasteiger partial charge in [-0.1, -0.05) is 0 Å². The molecule has 3 heterocycles. The van der Waals surface area contributed by atoms with Crippen molar-refractivity contribution in [1.29, 1.82) is 0 Å². The molecule has 0 bridgehead atoms. The third-order valence-corrected chi connectivity index (χ3v) is 5.76. The molecule has 0 saturated heterocycles. The summed E-state index contributed by atoms with van der Waals surface area (Å²) in [6.07, 6.45) is -4.39. The van der Waals surface area contributed by atoms with E-state index in [-0.39, 0.29) is 24.7 Å². The zero-order chi connectivity index (χ0) is 22.1. The normalized spacial score (nSPS) is 14.0. The molecule has 0 radical (unpaired) electrons. The van der Waals surface area contributed by atoms with Crippen LogP contribution < -0.4 is 5.32 Å². The van der Waals surface area contributed by atoms with Crippen molar-refractivity contribution in [2.75, 3.05) is 18.5 Å². The lowest BCUT2D eigenvalue weighted by Crippen LogP contribution is -2.43. The Hall–Kier alpha value is -2.66. The fourth-order valence-corrected chi connectivity index (χ4v) is 4.06. The van der Waals surface area contributed by atoms with E-state index in [4.69, 9.17) is 9.15 Å². The topological polar surface area (TPSA) is 97.5 Å². The van der Waals surface area contributed by atoms with E-state index in [1.807, 2.05) is 0 Å². The number of hydrogen-bond donors (Lipinski definition) is 2. The first-order chi connectivity index (χ1) is 14.1. The van der Waals surface area contributed by atoms with Gasteiger partial charge in [0.15, 0.2) is 0 Å². The van der Waals surface area contributed by atoms with Crippen molar-refractivity contribution in [2.24, 2.45) is 0 Å². The van der Waals surface area contributed by atoms with Crippen molar-refractivity contribution in [3.63, 3.8) is 0 Å². The van der Waals surface area contributed by atoms with Gasteiger partial charge in [0.1, 0.15) is 33.4 Å². The van der Waals surface area contributed by atoms with Crippen LogP contribution in [0.15, 0.2) is 22.9 Å². The van der Waals surface area contributed by atoms with Crippen LogP contribution in [0.4, 0.5) is 19.0 Å². The van der Waals surface area contributed by atoms with Gasteiger partial charge in [0.05, 0.1) is 12.0 Å². The Balaban J connectivity index is 1.85. The van der Waals surface area contributed by atoms with Crippen LogP contribution in [0.3, 0.4) is 0 Å². The summed E-state index contributed by atoms with van der Waals surface area (Å²) >= 11 is 1.12. The van der Waals surface area contributed by atoms with Crippen molar-refractivity contribution in [3.05, 3.63) is 40.4 Å². The maximum atomic E-state index is 13.6. The first-order valence-electron chi connectivity index (χ1n) is 9.09. The second-order valence-corrected chi connectivity index (χ2v) is 7.62. The second-order valence-electron chi connectivity index (χ2n) is 6.62. The Morgan fingerprint density at radius 1 is 1.30 bits per heavy atom. The number of alkyl halides is 3. The zero-order valence-electron chi connectivity index (χ0n) is 16.5. The number of halogens is 3. The number of anilines is 1. The summed E-state index contributed by atoms with van der Waals surface area (Å²) < 4.78 is 50.9. The molecule has 0 saturated carbocycles. The molecule has 0 aliphatic heterocycles. The van der Waals surface area contributed by atoms with Gasteiger partial charge in [-0.25, -0.2) is 14.8 Å². The smallest absolute Gasteiger partial charge is 0.424 e. The molecular weight excluding hydrogens is 423 g/mol. The molecule has 0 aliphatic rings. The average Bonchev–Trinajstić information content (AvgIpc) is 3.25. The van der Waals surface area contributed by atoms with Crippen LogP contribution in [0, 0.1) is 13.8 Å². The number of carbonyl (C=O) groups excluding carboxylic acids is 1. The molecule has 1 atom stereocenters. The fraction of sp³-hybridized carbons (Fsp3) is 0.421. The Kier molecular flexibility index (Phi) is 6.04. The fourth-order valence-electron chi connectivity index (χ4n) is 3.02. The molecule has 162 valence electrons.